The molecule has 1 aromatic carbocycles. The zero-order valence-electron chi connectivity index (χ0n) is 11.9. The average Bonchev–Trinajstić information content (AvgIpc) is 2.91. The van der Waals surface area contributed by atoms with E-state index >= 15 is 0 Å². The highest BCUT2D eigenvalue weighted by molar-refractivity contribution is 9.10. The SMILES string of the molecule is O=c1[nH]cnc2c(Sc3ccc(Br)cc3C=CP(=O)(O)O)c[nH]c12. The van der Waals surface area contributed by atoms with Crippen molar-refractivity contribution in [1.29, 1.82) is 0 Å². The molecule has 0 fully saturated rings. The van der Waals surface area contributed by atoms with Gasteiger partial charge >= 0.3 is 7.60 Å². The van der Waals surface area contributed by atoms with Gasteiger partial charge < -0.3 is 19.8 Å². The summed E-state index contributed by atoms with van der Waals surface area (Å²) in [7, 11) is -4.25. The van der Waals surface area contributed by atoms with Gasteiger partial charge in [-0.05, 0) is 29.8 Å². The van der Waals surface area contributed by atoms with E-state index in [0.29, 0.717) is 16.6 Å². The van der Waals surface area contributed by atoms with Gasteiger partial charge in [-0.15, -0.1) is 0 Å². The minimum Gasteiger partial charge on any atom is -0.354 e. The standard InChI is InChI=1S/C14H11BrN3O4PS/c15-9-1-2-10(8(5-9)3-4-23(20,21)22)24-11-6-16-13-12(11)17-7-18-14(13)19/h1-7,16H,(H,17,18,19)(H2,20,21,22). The number of halogens is 1. The van der Waals surface area contributed by atoms with Crippen LogP contribution < -0.4 is 5.56 Å². The van der Waals surface area contributed by atoms with Crippen LogP contribution >= 0.6 is 35.3 Å². The van der Waals surface area contributed by atoms with E-state index in [1.807, 2.05) is 12.1 Å². The van der Waals surface area contributed by atoms with Crippen molar-refractivity contribution in [3.63, 3.8) is 0 Å². The van der Waals surface area contributed by atoms with Crippen molar-refractivity contribution >= 4 is 52.4 Å². The second kappa shape index (κ2) is 6.70. The minimum atomic E-state index is -4.25. The number of hydrogen-bond donors (Lipinski definition) is 4. The van der Waals surface area contributed by atoms with Gasteiger partial charge in [-0.1, -0.05) is 27.7 Å². The van der Waals surface area contributed by atoms with E-state index in [1.54, 1.807) is 12.3 Å². The number of hydrogen-bond acceptors (Lipinski definition) is 4. The van der Waals surface area contributed by atoms with E-state index in [4.69, 9.17) is 9.79 Å². The Kier molecular flexibility index (Phi) is 4.80. The van der Waals surface area contributed by atoms with Gasteiger partial charge in [0.2, 0.25) is 0 Å². The molecule has 7 nitrogen and oxygen atoms in total. The summed E-state index contributed by atoms with van der Waals surface area (Å²) in [5.74, 6) is 0.858. The van der Waals surface area contributed by atoms with Crippen molar-refractivity contribution in [3.05, 3.63) is 56.9 Å². The molecule has 0 aliphatic carbocycles. The normalized spacial score (nSPS) is 12.3. The van der Waals surface area contributed by atoms with Crippen LogP contribution in [0, 0.1) is 0 Å². The number of aromatic nitrogens is 3. The first-order valence-corrected chi connectivity index (χ1v) is 9.89. The maximum atomic E-state index is 11.7. The van der Waals surface area contributed by atoms with Crippen molar-refractivity contribution in [3.8, 4) is 0 Å². The van der Waals surface area contributed by atoms with E-state index in [2.05, 4.69) is 30.9 Å². The molecule has 2 heterocycles. The summed E-state index contributed by atoms with van der Waals surface area (Å²) in [4.78, 5) is 40.8. The Hall–Kier alpha value is -1.64. The lowest BCUT2D eigenvalue weighted by molar-refractivity contribution is 0.386. The summed E-state index contributed by atoms with van der Waals surface area (Å²) in [6.45, 7) is 0. The summed E-state index contributed by atoms with van der Waals surface area (Å²) in [5, 5.41) is 0. The molecule has 3 rings (SSSR count). The van der Waals surface area contributed by atoms with E-state index in [-0.39, 0.29) is 5.56 Å². The maximum absolute atomic E-state index is 11.7. The van der Waals surface area contributed by atoms with Gasteiger partial charge in [0.25, 0.3) is 5.56 Å². The molecule has 3 aromatic rings. The van der Waals surface area contributed by atoms with Crippen LogP contribution in [0.15, 0.2) is 55.6 Å². The van der Waals surface area contributed by atoms with Gasteiger partial charge in [0, 0.05) is 21.4 Å². The molecule has 0 saturated carbocycles. The van der Waals surface area contributed by atoms with Crippen LogP contribution in [0.25, 0.3) is 17.1 Å². The number of nitrogens with one attached hydrogen (secondary N) is 2. The molecule has 4 N–H and O–H groups in total. The second-order valence-corrected chi connectivity index (χ2v) is 8.27. The highest BCUT2D eigenvalue weighted by Crippen LogP contribution is 2.40. The average molecular weight is 428 g/mol. The second-order valence-electron chi connectivity index (χ2n) is 4.80. The molecule has 124 valence electrons. The van der Waals surface area contributed by atoms with Crippen LogP contribution in [0.1, 0.15) is 5.56 Å². The third-order valence-corrected chi connectivity index (χ3v) is 5.23. The highest BCUT2D eigenvalue weighted by atomic mass is 79.9. The Bertz CT molecular complexity index is 1040. The molecule has 0 radical (unpaired) electrons. The molecule has 10 heteroatoms. The van der Waals surface area contributed by atoms with Crippen molar-refractivity contribution in [1.82, 2.24) is 15.0 Å². The quantitative estimate of drug-likeness (QED) is 0.474. The van der Waals surface area contributed by atoms with Crippen molar-refractivity contribution in [2.75, 3.05) is 0 Å². The van der Waals surface area contributed by atoms with Crippen LogP contribution in [0.4, 0.5) is 0 Å². The minimum absolute atomic E-state index is 0.260. The lowest BCUT2D eigenvalue weighted by Gasteiger charge is -2.06. The predicted molar refractivity (Wildman–Crippen MR) is 96.1 cm³/mol. The Morgan fingerprint density at radius 2 is 2.04 bits per heavy atom. The van der Waals surface area contributed by atoms with E-state index < -0.39 is 7.60 Å². The number of nitrogens with zero attached hydrogens (tertiary/aromatic N) is 1. The number of fused-ring (bicyclic) bond motifs is 1. The lowest BCUT2D eigenvalue weighted by atomic mass is 10.2. The van der Waals surface area contributed by atoms with Crippen LogP contribution in [-0.2, 0) is 4.57 Å². The van der Waals surface area contributed by atoms with Crippen LogP contribution in [0.5, 0.6) is 0 Å². The van der Waals surface area contributed by atoms with Crippen LogP contribution in [0.3, 0.4) is 0 Å². The molecule has 0 aliphatic heterocycles. The Labute approximate surface area is 148 Å². The first-order chi connectivity index (χ1) is 11.3. The van der Waals surface area contributed by atoms with Gasteiger partial charge in [-0.2, -0.15) is 0 Å². The molecule has 0 bridgehead atoms. The van der Waals surface area contributed by atoms with Crippen LogP contribution in [0.2, 0.25) is 0 Å². The Morgan fingerprint density at radius 3 is 2.79 bits per heavy atom. The van der Waals surface area contributed by atoms with Gasteiger partial charge in [-0.3, -0.25) is 9.36 Å². The smallest absolute Gasteiger partial charge is 0.349 e. The fourth-order valence-electron chi connectivity index (χ4n) is 2.04. The predicted octanol–water partition coefficient (Wildman–Crippen LogP) is 3.31. The summed E-state index contributed by atoms with van der Waals surface area (Å²) in [5.41, 5.74) is 1.29. The Balaban J connectivity index is 2.03. The van der Waals surface area contributed by atoms with E-state index in [9.17, 15) is 9.36 Å². The first-order valence-electron chi connectivity index (χ1n) is 6.60. The van der Waals surface area contributed by atoms with Crippen LogP contribution in [-0.4, -0.2) is 24.7 Å². The van der Waals surface area contributed by atoms with Gasteiger partial charge in [-0.25, -0.2) is 4.98 Å². The zero-order valence-corrected chi connectivity index (χ0v) is 15.2. The third-order valence-electron chi connectivity index (χ3n) is 3.07. The largest absolute Gasteiger partial charge is 0.354 e. The summed E-state index contributed by atoms with van der Waals surface area (Å²) in [6.07, 6.45) is 4.39. The number of aromatic amines is 2. The summed E-state index contributed by atoms with van der Waals surface area (Å²) < 4.78 is 11.8. The zero-order chi connectivity index (χ0) is 17.3. The fourth-order valence-corrected chi connectivity index (χ4v) is 3.76. The molecule has 24 heavy (non-hydrogen) atoms. The van der Waals surface area contributed by atoms with Crippen molar-refractivity contribution in [2.45, 2.75) is 9.79 Å². The molecular weight excluding hydrogens is 417 g/mol. The van der Waals surface area contributed by atoms with Gasteiger partial charge in [0.05, 0.1) is 11.2 Å². The van der Waals surface area contributed by atoms with E-state index in [0.717, 1.165) is 20.1 Å². The number of H-pyrrole nitrogens is 2. The third kappa shape index (κ3) is 3.88. The molecule has 0 spiro atoms. The lowest BCUT2D eigenvalue weighted by Crippen LogP contribution is -2.05. The molecule has 0 amide bonds. The molecular formula is C14H11BrN3O4PS. The van der Waals surface area contributed by atoms with Crippen molar-refractivity contribution < 1.29 is 14.4 Å². The molecule has 2 aromatic heterocycles. The van der Waals surface area contributed by atoms with Gasteiger partial charge in [0.1, 0.15) is 11.0 Å². The fraction of sp³-hybridized carbons (Fsp3) is 0. The topological polar surface area (TPSA) is 119 Å². The van der Waals surface area contributed by atoms with Crippen molar-refractivity contribution in [2.24, 2.45) is 0 Å². The first kappa shape index (κ1) is 17.2. The number of benzene rings is 1. The number of rotatable bonds is 4. The molecule has 0 unspecified atom stereocenters. The Morgan fingerprint density at radius 1 is 1.25 bits per heavy atom. The van der Waals surface area contributed by atoms with Gasteiger partial charge in [0.15, 0.2) is 0 Å². The molecule has 0 saturated heterocycles. The highest BCUT2D eigenvalue weighted by Gasteiger charge is 2.12. The molecule has 0 atom stereocenters. The summed E-state index contributed by atoms with van der Waals surface area (Å²) >= 11 is 4.69. The van der Waals surface area contributed by atoms with E-state index in [1.165, 1.54) is 24.2 Å². The maximum Gasteiger partial charge on any atom is 0.349 e. The summed E-state index contributed by atoms with van der Waals surface area (Å²) in [6, 6.07) is 5.40. The monoisotopic (exact) mass is 427 g/mol. The molecule has 0 aliphatic rings.